The molecule has 25 heavy (non-hydrogen) atoms. The van der Waals surface area contributed by atoms with Crippen LogP contribution in [0.5, 0.6) is 0 Å². The zero-order chi connectivity index (χ0) is 18.4. The third-order valence-electron chi connectivity index (χ3n) is 5.10. The van der Waals surface area contributed by atoms with E-state index in [1.165, 1.54) is 4.31 Å². The Morgan fingerprint density at radius 2 is 1.96 bits per heavy atom. The van der Waals surface area contributed by atoms with Crippen LogP contribution in [0.1, 0.15) is 35.7 Å². The summed E-state index contributed by atoms with van der Waals surface area (Å²) < 4.78 is 25.4. The van der Waals surface area contributed by atoms with Gasteiger partial charge in [-0.05, 0) is 50.5 Å². The molecular weight excluding hydrogens is 344 g/mol. The first-order valence-corrected chi connectivity index (χ1v) is 9.89. The lowest BCUT2D eigenvalue weighted by Crippen LogP contribution is -2.35. The van der Waals surface area contributed by atoms with E-state index in [0.717, 1.165) is 0 Å². The number of carbonyl (C=O) groups is 2. The Morgan fingerprint density at radius 3 is 2.48 bits per heavy atom. The Morgan fingerprint density at radius 1 is 1.24 bits per heavy atom. The highest BCUT2D eigenvalue weighted by molar-refractivity contribution is 7.93. The lowest BCUT2D eigenvalue weighted by atomic mass is 9.90. The molecule has 1 aromatic rings. The molecule has 2 saturated heterocycles. The summed E-state index contributed by atoms with van der Waals surface area (Å²) in [7, 11) is -3.26. The van der Waals surface area contributed by atoms with Crippen molar-refractivity contribution in [1.29, 1.82) is 0 Å². The van der Waals surface area contributed by atoms with Crippen LogP contribution in [-0.4, -0.2) is 55.7 Å². The van der Waals surface area contributed by atoms with Crippen LogP contribution in [-0.2, 0) is 14.8 Å². The molecule has 1 aromatic carbocycles. The van der Waals surface area contributed by atoms with Crippen molar-refractivity contribution in [2.75, 3.05) is 29.7 Å². The van der Waals surface area contributed by atoms with E-state index in [0.29, 0.717) is 42.7 Å². The van der Waals surface area contributed by atoms with Gasteiger partial charge < -0.3 is 10.0 Å². The standard InChI is InChI=1S/C17H22N2O5S/c1-12-10-13(19-7-3-9-25(19,23)24)4-5-14(12)15(20)18-8-6-17(2,11-18)16(21)22/h4-5,10H,3,6-9,11H2,1-2H3,(H,21,22). The molecule has 2 aliphatic rings. The number of anilines is 1. The van der Waals surface area contributed by atoms with Crippen LogP contribution in [0.15, 0.2) is 18.2 Å². The molecule has 0 aliphatic carbocycles. The fourth-order valence-corrected chi connectivity index (χ4v) is 5.01. The number of benzene rings is 1. The van der Waals surface area contributed by atoms with Crippen molar-refractivity contribution in [3.05, 3.63) is 29.3 Å². The summed E-state index contributed by atoms with van der Waals surface area (Å²) in [5, 5.41) is 9.30. The molecule has 7 nitrogen and oxygen atoms in total. The highest BCUT2D eigenvalue weighted by Crippen LogP contribution is 2.32. The van der Waals surface area contributed by atoms with Gasteiger partial charge in [0.1, 0.15) is 0 Å². The van der Waals surface area contributed by atoms with Gasteiger partial charge in [-0.2, -0.15) is 0 Å². The second-order valence-corrected chi connectivity index (χ2v) is 9.10. The van der Waals surface area contributed by atoms with Crippen molar-refractivity contribution in [2.24, 2.45) is 5.41 Å². The second kappa shape index (κ2) is 6.01. The number of hydrogen-bond donors (Lipinski definition) is 1. The summed E-state index contributed by atoms with van der Waals surface area (Å²) in [6.45, 7) is 4.47. The van der Waals surface area contributed by atoms with Gasteiger partial charge in [0.05, 0.1) is 16.9 Å². The van der Waals surface area contributed by atoms with E-state index in [-0.39, 0.29) is 18.2 Å². The Kier molecular flexibility index (Phi) is 4.26. The van der Waals surface area contributed by atoms with E-state index in [1.54, 1.807) is 36.9 Å². The summed E-state index contributed by atoms with van der Waals surface area (Å²) in [4.78, 5) is 25.6. The lowest BCUT2D eigenvalue weighted by molar-refractivity contribution is -0.147. The molecule has 0 saturated carbocycles. The monoisotopic (exact) mass is 366 g/mol. The van der Waals surface area contributed by atoms with Crippen LogP contribution in [0, 0.1) is 12.3 Å². The molecule has 1 unspecified atom stereocenters. The smallest absolute Gasteiger partial charge is 0.311 e. The molecule has 3 rings (SSSR count). The summed E-state index contributed by atoms with van der Waals surface area (Å²) in [6.07, 6.45) is 1.03. The van der Waals surface area contributed by atoms with Gasteiger partial charge in [0.15, 0.2) is 0 Å². The predicted octanol–water partition coefficient (Wildman–Crippen LogP) is 1.47. The molecule has 2 aliphatic heterocycles. The van der Waals surface area contributed by atoms with Crippen molar-refractivity contribution in [3.8, 4) is 0 Å². The molecule has 1 N–H and O–H groups in total. The van der Waals surface area contributed by atoms with Gasteiger partial charge in [0, 0.05) is 25.2 Å². The third kappa shape index (κ3) is 3.10. The molecule has 0 radical (unpaired) electrons. The van der Waals surface area contributed by atoms with Crippen LogP contribution < -0.4 is 4.31 Å². The quantitative estimate of drug-likeness (QED) is 0.874. The maximum atomic E-state index is 12.7. The summed E-state index contributed by atoms with van der Waals surface area (Å²) in [5.41, 5.74) is 0.833. The first kappa shape index (κ1) is 17.7. The molecule has 2 fully saturated rings. The average Bonchev–Trinajstić information content (AvgIpc) is 3.10. The van der Waals surface area contributed by atoms with Crippen molar-refractivity contribution < 1.29 is 23.1 Å². The van der Waals surface area contributed by atoms with Gasteiger partial charge in [0.2, 0.25) is 10.0 Å². The van der Waals surface area contributed by atoms with E-state index < -0.39 is 21.4 Å². The molecule has 8 heteroatoms. The number of carboxylic acids is 1. The number of likely N-dealkylation sites (tertiary alicyclic amines) is 1. The minimum atomic E-state index is -3.26. The van der Waals surface area contributed by atoms with Crippen LogP contribution >= 0.6 is 0 Å². The highest BCUT2D eigenvalue weighted by Gasteiger charge is 2.42. The van der Waals surface area contributed by atoms with Crippen LogP contribution in [0.2, 0.25) is 0 Å². The minimum absolute atomic E-state index is 0.147. The zero-order valence-corrected chi connectivity index (χ0v) is 15.2. The SMILES string of the molecule is Cc1cc(N2CCCS2(=O)=O)ccc1C(=O)N1CCC(C)(C(=O)O)C1. The van der Waals surface area contributed by atoms with Gasteiger partial charge >= 0.3 is 5.97 Å². The Bertz CT molecular complexity index is 835. The molecule has 1 amide bonds. The molecule has 2 heterocycles. The number of carboxylic acid groups (broad SMARTS) is 1. The summed E-state index contributed by atoms with van der Waals surface area (Å²) >= 11 is 0. The largest absolute Gasteiger partial charge is 0.481 e. The fourth-order valence-electron chi connectivity index (χ4n) is 3.45. The van der Waals surface area contributed by atoms with Gasteiger partial charge in [-0.3, -0.25) is 13.9 Å². The highest BCUT2D eigenvalue weighted by atomic mass is 32.2. The third-order valence-corrected chi connectivity index (χ3v) is 6.97. The number of rotatable bonds is 3. The first-order chi connectivity index (χ1) is 11.6. The zero-order valence-electron chi connectivity index (χ0n) is 14.4. The normalized spacial score (nSPS) is 25.4. The molecule has 1 atom stereocenters. The maximum Gasteiger partial charge on any atom is 0.311 e. The second-order valence-electron chi connectivity index (χ2n) is 7.08. The van der Waals surface area contributed by atoms with E-state index in [2.05, 4.69) is 0 Å². The number of nitrogens with zero attached hydrogens (tertiary/aromatic N) is 2. The van der Waals surface area contributed by atoms with Crippen LogP contribution in [0.25, 0.3) is 0 Å². The van der Waals surface area contributed by atoms with Gasteiger partial charge in [-0.1, -0.05) is 0 Å². The maximum absolute atomic E-state index is 12.7. The Labute approximate surface area is 147 Å². The van der Waals surface area contributed by atoms with Crippen molar-refractivity contribution in [3.63, 3.8) is 0 Å². The van der Waals surface area contributed by atoms with Crippen molar-refractivity contribution in [1.82, 2.24) is 4.90 Å². The summed E-state index contributed by atoms with van der Waals surface area (Å²) in [5.74, 6) is -0.957. The topological polar surface area (TPSA) is 95.0 Å². The minimum Gasteiger partial charge on any atom is -0.481 e. The molecule has 136 valence electrons. The number of aryl methyl sites for hydroxylation is 1. The number of aliphatic carboxylic acids is 1. The van der Waals surface area contributed by atoms with Gasteiger partial charge in [-0.25, -0.2) is 8.42 Å². The fraction of sp³-hybridized carbons (Fsp3) is 0.529. The van der Waals surface area contributed by atoms with E-state index >= 15 is 0 Å². The van der Waals surface area contributed by atoms with Crippen LogP contribution in [0.3, 0.4) is 0 Å². The number of amides is 1. The van der Waals surface area contributed by atoms with E-state index in [4.69, 9.17) is 0 Å². The van der Waals surface area contributed by atoms with Crippen LogP contribution in [0.4, 0.5) is 5.69 Å². The van der Waals surface area contributed by atoms with Crippen molar-refractivity contribution >= 4 is 27.6 Å². The average molecular weight is 366 g/mol. The first-order valence-electron chi connectivity index (χ1n) is 8.28. The lowest BCUT2D eigenvalue weighted by Gasteiger charge is -2.22. The van der Waals surface area contributed by atoms with Gasteiger partial charge in [-0.15, -0.1) is 0 Å². The Hall–Kier alpha value is -2.09. The summed E-state index contributed by atoms with van der Waals surface area (Å²) in [6, 6.07) is 5.00. The molecular formula is C17H22N2O5S. The number of carbonyl (C=O) groups excluding carboxylic acids is 1. The van der Waals surface area contributed by atoms with Crippen molar-refractivity contribution in [2.45, 2.75) is 26.7 Å². The predicted molar refractivity (Wildman–Crippen MR) is 93.2 cm³/mol. The number of hydrogen-bond acceptors (Lipinski definition) is 4. The van der Waals surface area contributed by atoms with E-state index in [9.17, 15) is 23.1 Å². The van der Waals surface area contributed by atoms with Gasteiger partial charge in [0.25, 0.3) is 5.91 Å². The molecule has 0 aromatic heterocycles. The Balaban J connectivity index is 1.82. The molecule has 0 spiro atoms. The van der Waals surface area contributed by atoms with E-state index in [1.807, 2.05) is 0 Å². The molecule has 0 bridgehead atoms. The number of sulfonamides is 1.